The first kappa shape index (κ1) is 14.6. The van der Waals surface area contributed by atoms with E-state index in [1.165, 1.54) is 0 Å². The van der Waals surface area contributed by atoms with Crippen LogP contribution in [0.2, 0.25) is 0 Å². The molecular formula is C16H21NO3. The van der Waals surface area contributed by atoms with Crippen LogP contribution in [-0.2, 0) is 4.79 Å². The Bertz CT molecular complexity index is 510. The summed E-state index contributed by atoms with van der Waals surface area (Å²) in [6.07, 6.45) is 2.53. The van der Waals surface area contributed by atoms with Crippen molar-refractivity contribution in [2.24, 2.45) is 5.92 Å². The number of aliphatic hydroxyl groups excluding tert-OH is 1. The zero-order valence-corrected chi connectivity index (χ0v) is 12.0. The number of methoxy groups -OCH3 is 1. The smallest absolute Gasteiger partial charge is 0.246 e. The third kappa shape index (κ3) is 3.20. The fourth-order valence-electron chi connectivity index (χ4n) is 2.51. The van der Waals surface area contributed by atoms with Crippen LogP contribution in [0.1, 0.15) is 18.9 Å². The van der Waals surface area contributed by atoms with Crippen molar-refractivity contribution in [3.05, 3.63) is 35.9 Å². The summed E-state index contributed by atoms with van der Waals surface area (Å²) in [5, 5.41) is 9.12. The van der Waals surface area contributed by atoms with Gasteiger partial charge >= 0.3 is 0 Å². The van der Waals surface area contributed by atoms with Crippen LogP contribution >= 0.6 is 0 Å². The lowest BCUT2D eigenvalue weighted by molar-refractivity contribution is -0.125. The Morgan fingerprint density at radius 1 is 1.50 bits per heavy atom. The van der Waals surface area contributed by atoms with E-state index >= 15 is 0 Å². The molecule has 0 aromatic heterocycles. The Morgan fingerprint density at radius 3 is 2.90 bits per heavy atom. The van der Waals surface area contributed by atoms with Crippen LogP contribution in [0.3, 0.4) is 0 Å². The first-order valence-electron chi connectivity index (χ1n) is 6.87. The summed E-state index contributed by atoms with van der Waals surface area (Å²) >= 11 is 0. The van der Waals surface area contributed by atoms with E-state index in [-0.39, 0.29) is 18.4 Å². The van der Waals surface area contributed by atoms with Crippen molar-refractivity contribution < 1.29 is 14.6 Å². The van der Waals surface area contributed by atoms with Gasteiger partial charge in [-0.3, -0.25) is 4.79 Å². The van der Waals surface area contributed by atoms with Crippen molar-refractivity contribution >= 4 is 11.5 Å². The number of ether oxygens (including phenoxy) is 1. The van der Waals surface area contributed by atoms with Crippen LogP contribution in [0.5, 0.6) is 5.75 Å². The van der Waals surface area contributed by atoms with E-state index in [0.29, 0.717) is 6.54 Å². The third-order valence-electron chi connectivity index (χ3n) is 3.73. The molecule has 1 aromatic rings. The zero-order chi connectivity index (χ0) is 14.5. The Hall–Kier alpha value is -1.81. The fourth-order valence-corrected chi connectivity index (χ4v) is 2.51. The number of carbonyl (C=O) groups excluding carboxylic acids is 1. The Labute approximate surface area is 119 Å². The highest BCUT2D eigenvalue weighted by Gasteiger charge is 2.24. The minimum absolute atomic E-state index is 0.00403. The molecule has 20 heavy (non-hydrogen) atoms. The summed E-state index contributed by atoms with van der Waals surface area (Å²) < 4.78 is 5.31. The largest absolute Gasteiger partial charge is 0.496 e. The van der Waals surface area contributed by atoms with Crippen LogP contribution in [0.25, 0.3) is 5.57 Å². The van der Waals surface area contributed by atoms with Crippen LogP contribution in [0.15, 0.2) is 30.3 Å². The number of hydrogen-bond acceptors (Lipinski definition) is 3. The molecule has 1 aliphatic heterocycles. The van der Waals surface area contributed by atoms with Gasteiger partial charge in [0.15, 0.2) is 0 Å². The number of hydrogen-bond donors (Lipinski definition) is 1. The molecule has 4 nitrogen and oxygen atoms in total. The lowest BCUT2D eigenvalue weighted by Gasteiger charge is -2.15. The molecule has 0 aliphatic carbocycles. The van der Waals surface area contributed by atoms with E-state index in [2.05, 4.69) is 0 Å². The normalized spacial score (nSPS) is 19.2. The molecular weight excluding hydrogens is 254 g/mol. The van der Waals surface area contributed by atoms with Crippen molar-refractivity contribution in [3.63, 3.8) is 0 Å². The minimum Gasteiger partial charge on any atom is -0.496 e. The number of nitrogens with zero attached hydrogens (tertiary/aromatic N) is 1. The molecule has 0 spiro atoms. The molecule has 1 saturated heterocycles. The van der Waals surface area contributed by atoms with Gasteiger partial charge in [-0.15, -0.1) is 0 Å². The quantitative estimate of drug-likeness (QED) is 0.854. The van der Waals surface area contributed by atoms with Crippen molar-refractivity contribution in [1.29, 1.82) is 0 Å². The predicted molar refractivity (Wildman–Crippen MR) is 78.4 cm³/mol. The monoisotopic (exact) mass is 275 g/mol. The molecule has 1 atom stereocenters. The Balaban J connectivity index is 2.12. The minimum atomic E-state index is 0.00403. The average Bonchev–Trinajstić information content (AvgIpc) is 2.96. The average molecular weight is 275 g/mol. The maximum Gasteiger partial charge on any atom is 0.246 e. The molecule has 4 heteroatoms. The second kappa shape index (κ2) is 6.57. The second-order valence-corrected chi connectivity index (χ2v) is 5.15. The standard InChI is InChI=1S/C16H21NO3/c1-12(14-5-3-4-6-15(14)20-2)9-16(19)17-8-7-13(10-17)11-18/h3-6,9,13,18H,7-8,10-11H2,1-2H3/b12-9+. The summed E-state index contributed by atoms with van der Waals surface area (Å²) in [5.41, 5.74) is 1.82. The number of benzene rings is 1. The van der Waals surface area contributed by atoms with E-state index in [1.807, 2.05) is 31.2 Å². The summed E-state index contributed by atoms with van der Waals surface area (Å²) in [7, 11) is 1.63. The highest BCUT2D eigenvalue weighted by molar-refractivity contribution is 5.95. The number of likely N-dealkylation sites (tertiary alicyclic amines) is 1. The van der Waals surface area contributed by atoms with E-state index in [1.54, 1.807) is 18.1 Å². The van der Waals surface area contributed by atoms with E-state index in [9.17, 15) is 4.79 Å². The first-order chi connectivity index (χ1) is 9.65. The van der Waals surface area contributed by atoms with Gasteiger partial charge in [-0.2, -0.15) is 0 Å². The third-order valence-corrected chi connectivity index (χ3v) is 3.73. The molecule has 1 aliphatic rings. The van der Waals surface area contributed by atoms with Gasteiger partial charge in [-0.1, -0.05) is 18.2 Å². The molecule has 1 unspecified atom stereocenters. The number of para-hydroxylation sites is 1. The Morgan fingerprint density at radius 2 is 2.25 bits per heavy atom. The zero-order valence-electron chi connectivity index (χ0n) is 12.0. The molecule has 0 radical (unpaired) electrons. The van der Waals surface area contributed by atoms with Gasteiger partial charge in [0, 0.05) is 37.3 Å². The van der Waals surface area contributed by atoms with E-state index in [4.69, 9.17) is 9.84 Å². The summed E-state index contributed by atoms with van der Waals surface area (Å²) in [6, 6.07) is 7.66. The number of carbonyl (C=O) groups is 1. The van der Waals surface area contributed by atoms with Crippen LogP contribution in [0.4, 0.5) is 0 Å². The van der Waals surface area contributed by atoms with Gasteiger partial charge in [-0.05, 0) is 25.0 Å². The molecule has 0 saturated carbocycles. The molecule has 1 fully saturated rings. The molecule has 1 amide bonds. The van der Waals surface area contributed by atoms with Gasteiger partial charge in [0.25, 0.3) is 0 Å². The van der Waals surface area contributed by atoms with E-state index in [0.717, 1.165) is 29.9 Å². The molecule has 108 valence electrons. The van der Waals surface area contributed by atoms with Gasteiger partial charge in [-0.25, -0.2) is 0 Å². The van der Waals surface area contributed by atoms with Crippen molar-refractivity contribution in [2.45, 2.75) is 13.3 Å². The Kier molecular flexibility index (Phi) is 4.79. The van der Waals surface area contributed by atoms with Gasteiger partial charge in [0.1, 0.15) is 5.75 Å². The summed E-state index contributed by atoms with van der Waals surface area (Å²) in [6.45, 7) is 3.43. The van der Waals surface area contributed by atoms with Gasteiger partial charge in [0.05, 0.1) is 7.11 Å². The summed E-state index contributed by atoms with van der Waals surface area (Å²) in [4.78, 5) is 14.0. The lowest BCUT2D eigenvalue weighted by Crippen LogP contribution is -2.27. The maximum absolute atomic E-state index is 12.2. The van der Waals surface area contributed by atoms with Crippen LogP contribution in [-0.4, -0.2) is 42.7 Å². The first-order valence-corrected chi connectivity index (χ1v) is 6.87. The highest BCUT2D eigenvalue weighted by Crippen LogP contribution is 2.25. The SMILES string of the molecule is COc1ccccc1/C(C)=C/C(=O)N1CCC(CO)C1. The molecule has 2 rings (SSSR count). The van der Waals surface area contributed by atoms with Crippen molar-refractivity contribution in [2.75, 3.05) is 26.8 Å². The number of allylic oxidation sites excluding steroid dienone is 1. The molecule has 1 aromatic carbocycles. The van der Waals surface area contributed by atoms with Gasteiger partial charge < -0.3 is 14.7 Å². The van der Waals surface area contributed by atoms with E-state index < -0.39 is 0 Å². The molecule has 1 N–H and O–H groups in total. The fraction of sp³-hybridized carbons (Fsp3) is 0.438. The predicted octanol–water partition coefficient (Wildman–Crippen LogP) is 1.94. The maximum atomic E-state index is 12.2. The highest BCUT2D eigenvalue weighted by atomic mass is 16.5. The molecule has 0 bridgehead atoms. The molecule has 1 heterocycles. The number of amides is 1. The number of aliphatic hydroxyl groups is 1. The van der Waals surface area contributed by atoms with Crippen LogP contribution in [0, 0.1) is 5.92 Å². The topological polar surface area (TPSA) is 49.8 Å². The van der Waals surface area contributed by atoms with Crippen LogP contribution < -0.4 is 4.74 Å². The summed E-state index contributed by atoms with van der Waals surface area (Å²) in [5.74, 6) is 0.993. The van der Waals surface area contributed by atoms with Crippen molar-refractivity contribution in [1.82, 2.24) is 4.90 Å². The lowest BCUT2D eigenvalue weighted by atomic mass is 10.1. The number of rotatable bonds is 4. The van der Waals surface area contributed by atoms with Crippen molar-refractivity contribution in [3.8, 4) is 5.75 Å². The second-order valence-electron chi connectivity index (χ2n) is 5.15. The van der Waals surface area contributed by atoms with Gasteiger partial charge in [0.2, 0.25) is 5.91 Å².